The molecular weight excluding hydrogens is 1040 g/mol. The van der Waals surface area contributed by atoms with Crippen molar-refractivity contribution in [3.05, 3.63) is 151 Å². The van der Waals surface area contributed by atoms with Crippen molar-refractivity contribution in [1.82, 2.24) is 34.6 Å². The lowest BCUT2D eigenvalue weighted by atomic mass is 10.1. The summed E-state index contributed by atoms with van der Waals surface area (Å²) in [6, 6.07) is 26.2. The Morgan fingerprint density at radius 2 is 1.09 bits per heavy atom. The molecule has 0 spiro atoms. The minimum Gasteiger partial charge on any atom is -0.495 e. The van der Waals surface area contributed by atoms with Crippen LogP contribution in [-0.2, 0) is 19.1 Å². The maximum atomic E-state index is 13.2. The van der Waals surface area contributed by atoms with Crippen molar-refractivity contribution in [3.8, 4) is 56.9 Å². The van der Waals surface area contributed by atoms with Crippen molar-refractivity contribution in [1.29, 1.82) is 0 Å². The third kappa shape index (κ3) is 12.2. The van der Waals surface area contributed by atoms with Gasteiger partial charge in [-0.3, -0.25) is 14.4 Å². The third-order valence-corrected chi connectivity index (χ3v) is 13.1. The number of thiazole rings is 2. The molecule has 0 saturated carbocycles. The first-order chi connectivity index (χ1) is 33.0. The zero-order valence-corrected chi connectivity index (χ0v) is 43.0. The van der Waals surface area contributed by atoms with Crippen molar-refractivity contribution in [2.45, 2.75) is 12.2 Å². The Morgan fingerprint density at radius 3 is 1.47 bits per heavy atom. The van der Waals surface area contributed by atoms with Crippen LogP contribution in [0.2, 0.25) is 0 Å². The number of amides is 1. The second-order valence-corrected chi connectivity index (χ2v) is 17.2. The van der Waals surface area contributed by atoms with Gasteiger partial charge in [0.05, 0.1) is 63.8 Å². The van der Waals surface area contributed by atoms with Gasteiger partial charge < -0.3 is 28.4 Å². The Morgan fingerprint density at radius 1 is 0.632 bits per heavy atom. The number of hydrogen-bond acceptors (Lipinski definition) is 15. The molecule has 68 heavy (non-hydrogen) atoms. The van der Waals surface area contributed by atoms with Crippen molar-refractivity contribution in [3.63, 3.8) is 0 Å². The number of nitrogens with zero attached hydrogens (tertiary/aromatic N) is 7. The summed E-state index contributed by atoms with van der Waals surface area (Å²) in [7, 11) is 12.4. The molecule has 4 aromatic carbocycles. The Balaban J connectivity index is 0.000000181. The molecule has 0 aliphatic heterocycles. The summed E-state index contributed by atoms with van der Waals surface area (Å²) in [6.45, 7) is 0. The van der Waals surface area contributed by atoms with Crippen LogP contribution < -0.4 is 18.9 Å². The second kappa shape index (κ2) is 24.7. The number of hydroxylamine groups is 2. The number of carbonyl (C=O) groups is 2. The number of aromatic nitrogens is 6. The van der Waals surface area contributed by atoms with Gasteiger partial charge >= 0.3 is 0 Å². The van der Waals surface area contributed by atoms with Crippen molar-refractivity contribution in [2.24, 2.45) is 0 Å². The van der Waals surface area contributed by atoms with Gasteiger partial charge in [0.15, 0.2) is 11.1 Å². The number of ether oxygens (including phenoxy) is 6. The fourth-order valence-corrected chi connectivity index (χ4v) is 8.95. The number of ketones is 1. The molecule has 354 valence electrons. The van der Waals surface area contributed by atoms with Gasteiger partial charge in [-0.1, -0.05) is 24.3 Å². The van der Waals surface area contributed by atoms with E-state index in [1.165, 1.54) is 32.7 Å². The van der Waals surface area contributed by atoms with E-state index < -0.39 is 12.2 Å². The molecule has 16 nitrogen and oxygen atoms in total. The van der Waals surface area contributed by atoms with Crippen LogP contribution in [0.25, 0.3) is 33.9 Å². The van der Waals surface area contributed by atoms with E-state index in [1.807, 2.05) is 108 Å². The predicted octanol–water partition coefficient (Wildman–Crippen LogP) is 10.5. The number of Topliss-reactive ketones (excluding diaryl/α,β-unsaturated/α-hetero) is 1. The van der Waals surface area contributed by atoms with E-state index in [-0.39, 0.29) is 11.7 Å². The molecule has 0 aliphatic carbocycles. The quantitative estimate of drug-likeness (QED) is 0.0664. The Labute approximate surface area is 418 Å². The monoisotopic (exact) mass is 1090 g/mol. The van der Waals surface area contributed by atoms with E-state index in [2.05, 4.69) is 52.0 Å². The summed E-state index contributed by atoms with van der Waals surface area (Å²) in [5.41, 5.74) is 8.48. The van der Waals surface area contributed by atoms with Crippen molar-refractivity contribution >= 4 is 66.2 Å². The molecular formula is C48H47Br2N7O9S2. The second-order valence-electron chi connectivity index (χ2n) is 14.0. The smallest absolute Gasteiger partial charge is 0.279 e. The molecule has 0 bridgehead atoms. The summed E-state index contributed by atoms with van der Waals surface area (Å²) in [5.74, 6) is 2.25. The maximum absolute atomic E-state index is 13.2. The van der Waals surface area contributed by atoms with Gasteiger partial charge in [-0.15, -0.1) is 22.7 Å². The number of rotatable bonds is 16. The van der Waals surface area contributed by atoms with E-state index >= 15 is 0 Å². The molecule has 0 aliphatic rings. The van der Waals surface area contributed by atoms with E-state index in [4.69, 9.17) is 33.3 Å². The number of methoxy groups -OCH3 is 6. The van der Waals surface area contributed by atoms with Gasteiger partial charge in [0, 0.05) is 67.9 Å². The Hall–Kier alpha value is -6.26. The summed E-state index contributed by atoms with van der Waals surface area (Å²) < 4.78 is 37.2. The normalized spacial score (nSPS) is 11.6. The lowest BCUT2D eigenvalue weighted by molar-refractivity contribution is -0.179. The third-order valence-electron chi connectivity index (χ3n) is 10.1. The zero-order chi connectivity index (χ0) is 48.7. The average Bonchev–Trinajstić information content (AvgIpc) is 4.25. The molecule has 0 saturated heterocycles. The highest BCUT2D eigenvalue weighted by Gasteiger charge is 2.26. The Kier molecular flexibility index (Phi) is 18.6. The molecule has 4 heterocycles. The molecule has 0 N–H and O–H groups in total. The summed E-state index contributed by atoms with van der Waals surface area (Å²) in [5, 5.41) is 13.7. The van der Waals surface area contributed by atoms with Crippen LogP contribution >= 0.6 is 54.5 Å². The van der Waals surface area contributed by atoms with Crippen molar-refractivity contribution in [2.75, 3.05) is 56.8 Å². The van der Waals surface area contributed by atoms with Crippen LogP contribution in [-0.4, -0.2) is 103 Å². The SMILES string of the molecule is COC(C(=O)N(C)OC)c1ccc(-n2cccn2)cc1.COc1cc(-c2csc(C(=O)C(OC)c3ccc(-n4cccn4)cc3)n2)cc(OC)c1Br.COc1cc(-c2cscn2)cc(OC)c1Br. The van der Waals surface area contributed by atoms with E-state index in [0.717, 1.165) is 64.8 Å². The van der Waals surface area contributed by atoms with Gasteiger partial charge in [0.1, 0.15) is 38.0 Å². The molecule has 8 aromatic rings. The van der Waals surface area contributed by atoms with Crippen LogP contribution in [0, 0.1) is 0 Å². The van der Waals surface area contributed by atoms with Crippen LogP contribution in [0.4, 0.5) is 0 Å². The number of hydrogen-bond donors (Lipinski definition) is 0. The Bertz CT molecular complexity index is 2800. The van der Waals surface area contributed by atoms with Crippen LogP contribution in [0.1, 0.15) is 33.1 Å². The minimum atomic E-state index is -0.755. The number of benzene rings is 4. The lowest BCUT2D eigenvalue weighted by Gasteiger charge is -2.21. The average molecular weight is 1090 g/mol. The van der Waals surface area contributed by atoms with E-state index in [1.54, 1.807) is 74.1 Å². The summed E-state index contributed by atoms with van der Waals surface area (Å²) in [6.07, 6.45) is 5.69. The van der Waals surface area contributed by atoms with Crippen LogP contribution in [0.15, 0.2) is 135 Å². The highest BCUT2D eigenvalue weighted by Crippen LogP contribution is 2.40. The molecule has 4 aromatic heterocycles. The molecule has 2 atom stereocenters. The standard InChI is InChI=1S/C23H20BrN3O4S.C14H17N3O3.C11H10BrNO2S/c1-29-18-11-15(12-19(30-2)20(18)24)17-13-32-23(26-17)21(28)22(31-3)14-5-7-16(8-6-14)27-10-4-9-25-27;1-16(20-3)14(18)13(19-2)11-5-7-12(8-6-11)17-10-4-9-15-17;1-14-9-3-7(8-5-16-6-13-8)4-10(15-2)11(9)12/h4-13,22H,1-3H3;4-10,13H,1-3H3;3-6H,1-2H3. The van der Waals surface area contributed by atoms with Gasteiger partial charge in [0.2, 0.25) is 5.78 Å². The van der Waals surface area contributed by atoms with E-state index in [9.17, 15) is 9.59 Å². The molecule has 0 fully saturated rings. The first kappa shape index (κ1) is 51.1. The number of halogens is 2. The summed E-state index contributed by atoms with van der Waals surface area (Å²) >= 11 is 9.73. The molecule has 2 unspecified atom stereocenters. The highest BCUT2D eigenvalue weighted by molar-refractivity contribution is 9.11. The van der Waals surface area contributed by atoms with Gasteiger partial charge in [-0.05, 0) is 104 Å². The van der Waals surface area contributed by atoms with Gasteiger partial charge in [0.25, 0.3) is 5.91 Å². The van der Waals surface area contributed by atoms with Crippen LogP contribution in [0.3, 0.4) is 0 Å². The van der Waals surface area contributed by atoms with Crippen LogP contribution in [0.5, 0.6) is 23.0 Å². The number of carbonyl (C=O) groups excluding carboxylic acids is 2. The first-order valence-electron chi connectivity index (χ1n) is 20.3. The fraction of sp³-hybridized carbons (Fsp3) is 0.208. The van der Waals surface area contributed by atoms with Gasteiger partial charge in [-0.25, -0.2) is 24.4 Å². The highest BCUT2D eigenvalue weighted by atomic mass is 79.9. The first-order valence-corrected chi connectivity index (χ1v) is 23.7. The van der Waals surface area contributed by atoms with Gasteiger partial charge in [-0.2, -0.15) is 10.2 Å². The zero-order valence-electron chi connectivity index (χ0n) is 38.2. The summed E-state index contributed by atoms with van der Waals surface area (Å²) in [4.78, 5) is 39.0. The predicted molar refractivity (Wildman–Crippen MR) is 267 cm³/mol. The molecule has 8 rings (SSSR count). The molecule has 20 heteroatoms. The number of likely N-dealkylation sites (N-methyl/N-ethyl adjacent to an activating group) is 1. The minimum absolute atomic E-state index is 0.202. The fourth-order valence-electron chi connectivity index (χ4n) is 6.50. The molecule has 1 amide bonds. The lowest BCUT2D eigenvalue weighted by Crippen LogP contribution is -2.31. The van der Waals surface area contributed by atoms with E-state index in [0.29, 0.717) is 22.2 Å². The molecule has 0 radical (unpaired) electrons. The van der Waals surface area contributed by atoms with Crippen molar-refractivity contribution < 1.29 is 42.8 Å². The largest absolute Gasteiger partial charge is 0.495 e. The topological polar surface area (TPSA) is 163 Å². The maximum Gasteiger partial charge on any atom is 0.279 e.